The first-order chi connectivity index (χ1) is 15.9. The molecule has 9 nitrogen and oxygen atoms in total. The van der Waals surface area contributed by atoms with Crippen molar-refractivity contribution < 1.29 is 19.2 Å². The van der Waals surface area contributed by atoms with Crippen molar-refractivity contribution in [2.24, 2.45) is 0 Å². The lowest BCUT2D eigenvalue weighted by atomic mass is 10.1. The van der Waals surface area contributed by atoms with Crippen molar-refractivity contribution in [3.63, 3.8) is 0 Å². The van der Waals surface area contributed by atoms with Gasteiger partial charge in [-0.1, -0.05) is 18.2 Å². The molecule has 0 aromatic heterocycles. The zero-order valence-corrected chi connectivity index (χ0v) is 19.1. The van der Waals surface area contributed by atoms with Gasteiger partial charge in [-0.3, -0.25) is 24.6 Å². The molecule has 0 aliphatic carbocycles. The predicted octanol–water partition coefficient (Wildman–Crippen LogP) is 3.02. The van der Waals surface area contributed by atoms with Crippen LogP contribution in [-0.2, 0) is 16.0 Å². The van der Waals surface area contributed by atoms with Crippen LogP contribution >= 0.6 is 0 Å². The smallest absolute Gasteiger partial charge is 0.274 e. The molecule has 1 N–H and O–H groups in total. The molecule has 33 heavy (non-hydrogen) atoms. The van der Waals surface area contributed by atoms with E-state index in [0.717, 1.165) is 17.7 Å². The molecule has 0 bridgehead atoms. The van der Waals surface area contributed by atoms with Crippen LogP contribution in [0.4, 0.5) is 11.4 Å². The largest absolute Gasteiger partial charge is 0.497 e. The van der Waals surface area contributed by atoms with Gasteiger partial charge in [0.05, 0.1) is 29.8 Å². The molecule has 2 aromatic rings. The number of benzene rings is 2. The first-order valence-corrected chi connectivity index (χ1v) is 11.0. The zero-order valence-electron chi connectivity index (χ0n) is 19.1. The second-order valence-electron chi connectivity index (χ2n) is 8.11. The van der Waals surface area contributed by atoms with Crippen LogP contribution in [0.3, 0.4) is 0 Å². The molecule has 2 amide bonds. The third kappa shape index (κ3) is 6.76. The number of nitrogens with zero attached hydrogens (tertiary/aromatic N) is 3. The molecule has 9 heteroatoms. The number of nitro groups is 1. The molecular weight excluding hydrogens is 424 g/mol. The summed E-state index contributed by atoms with van der Waals surface area (Å²) in [4.78, 5) is 39.7. The number of amides is 2. The summed E-state index contributed by atoms with van der Waals surface area (Å²) in [5.41, 5.74) is 1.94. The molecule has 3 rings (SSSR count). The molecule has 0 saturated carbocycles. The lowest BCUT2D eigenvalue weighted by molar-refractivity contribution is -0.385. The van der Waals surface area contributed by atoms with E-state index in [2.05, 4.69) is 5.32 Å². The van der Waals surface area contributed by atoms with Gasteiger partial charge in [0.1, 0.15) is 5.75 Å². The van der Waals surface area contributed by atoms with E-state index in [-0.39, 0.29) is 24.0 Å². The van der Waals surface area contributed by atoms with Crippen molar-refractivity contribution in [2.75, 3.05) is 45.2 Å². The van der Waals surface area contributed by atoms with Crippen LogP contribution in [0.25, 0.3) is 0 Å². The van der Waals surface area contributed by atoms with Crippen molar-refractivity contribution in [1.82, 2.24) is 9.80 Å². The fourth-order valence-corrected chi connectivity index (χ4v) is 3.93. The number of aryl methyl sites for hydroxylation is 1. The highest BCUT2D eigenvalue weighted by Crippen LogP contribution is 2.25. The summed E-state index contributed by atoms with van der Waals surface area (Å²) in [6, 6.07) is 12.4. The fraction of sp³-hybridized carbons (Fsp3) is 0.417. The van der Waals surface area contributed by atoms with E-state index in [9.17, 15) is 19.7 Å². The van der Waals surface area contributed by atoms with E-state index in [1.165, 1.54) is 6.07 Å². The summed E-state index contributed by atoms with van der Waals surface area (Å²) in [7, 11) is 1.62. The molecule has 2 aromatic carbocycles. The number of carbonyl (C=O) groups is 2. The molecule has 1 saturated heterocycles. The number of anilines is 1. The van der Waals surface area contributed by atoms with Crippen molar-refractivity contribution in [3.05, 3.63) is 63.7 Å². The van der Waals surface area contributed by atoms with E-state index in [0.29, 0.717) is 50.3 Å². The summed E-state index contributed by atoms with van der Waals surface area (Å²) < 4.78 is 5.16. The van der Waals surface area contributed by atoms with Crippen molar-refractivity contribution in [2.45, 2.75) is 26.2 Å². The van der Waals surface area contributed by atoms with Crippen LogP contribution in [0.1, 0.15) is 24.0 Å². The maximum Gasteiger partial charge on any atom is 0.274 e. The number of carbonyl (C=O) groups excluding carboxylic acids is 2. The predicted molar refractivity (Wildman–Crippen MR) is 125 cm³/mol. The third-order valence-electron chi connectivity index (χ3n) is 5.87. The summed E-state index contributed by atoms with van der Waals surface area (Å²) >= 11 is 0. The zero-order chi connectivity index (χ0) is 23.8. The number of methoxy groups -OCH3 is 1. The van der Waals surface area contributed by atoms with Gasteiger partial charge in [-0.2, -0.15) is 0 Å². The second kappa shape index (κ2) is 11.4. The van der Waals surface area contributed by atoms with Gasteiger partial charge in [0, 0.05) is 38.7 Å². The van der Waals surface area contributed by atoms with E-state index >= 15 is 0 Å². The SMILES string of the molecule is COc1ccc(CCC(=O)N2CCCN(CC(=O)Nc3cccc([N+](=O)[O-])c3C)CC2)cc1. The van der Waals surface area contributed by atoms with Crippen molar-refractivity contribution in [1.29, 1.82) is 0 Å². The number of nitro benzene ring substituents is 1. The quantitative estimate of drug-likeness (QED) is 0.486. The van der Waals surface area contributed by atoms with Gasteiger partial charge in [0.25, 0.3) is 5.69 Å². The van der Waals surface area contributed by atoms with Gasteiger partial charge in [-0.25, -0.2) is 0 Å². The highest BCUT2D eigenvalue weighted by Gasteiger charge is 2.21. The maximum absolute atomic E-state index is 12.7. The molecule has 1 fully saturated rings. The normalized spacial score (nSPS) is 14.4. The van der Waals surface area contributed by atoms with Crippen LogP contribution in [-0.4, -0.2) is 66.4 Å². The van der Waals surface area contributed by atoms with Gasteiger partial charge in [0.2, 0.25) is 11.8 Å². The fourth-order valence-electron chi connectivity index (χ4n) is 3.93. The third-order valence-corrected chi connectivity index (χ3v) is 5.87. The Morgan fingerprint density at radius 3 is 2.55 bits per heavy atom. The average Bonchev–Trinajstić information content (AvgIpc) is 3.04. The Balaban J connectivity index is 1.47. The molecule has 1 aliphatic heterocycles. The molecular formula is C24H30N4O5. The van der Waals surface area contributed by atoms with Crippen LogP contribution in [0.15, 0.2) is 42.5 Å². The Hall–Kier alpha value is -3.46. The number of ether oxygens (including phenoxy) is 1. The average molecular weight is 455 g/mol. The summed E-state index contributed by atoms with van der Waals surface area (Å²) in [5.74, 6) is 0.685. The molecule has 0 atom stereocenters. The van der Waals surface area contributed by atoms with E-state index < -0.39 is 4.92 Å². The Kier molecular flexibility index (Phi) is 8.37. The van der Waals surface area contributed by atoms with E-state index in [1.807, 2.05) is 34.1 Å². The highest BCUT2D eigenvalue weighted by atomic mass is 16.6. The summed E-state index contributed by atoms with van der Waals surface area (Å²) in [6.45, 7) is 4.36. The minimum absolute atomic E-state index is 0.0219. The first kappa shape index (κ1) is 24.2. The van der Waals surface area contributed by atoms with Gasteiger partial charge in [-0.05, 0) is 43.5 Å². The molecule has 0 unspecified atom stereocenters. The van der Waals surface area contributed by atoms with Crippen LogP contribution < -0.4 is 10.1 Å². The Morgan fingerprint density at radius 1 is 1.09 bits per heavy atom. The molecule has 0 radical (unpaired) electrons. The van der Waals surface area contributed by atoms with Gasteiger partial charge >= 0.3 is 0 Å². The maximum atomic E-state index is 12.7. The number of hydrogen-bond acceptors (Lipinski definition) is 6. The van der Waals surface area contributed by atoms with Gasteiger partial charge in [-0.15, -0.1) is 0 Å². The van der Waals surface area contributed by atoms with Crippen molar-refractivity contribution in [3.8, 4) is 5.75 Å². The van der Waals surface area contributed by atoms with Crippen LogP contribution in [0, 0.1) is 17.0 Å². The minimum atomic E-state index is -0.458. The van der Waals surface area contributed by atoms with E-state index in [1.54, 1.807) is 26.2 Å². The van der Waals surface area contributed by atoms with Crippen LogP contribution in [0.5, 0.6) is 5.75 Å². The summed E-state index contributed by atoms with van der Waals surface area (Å²) in [5, 5.41) is 13.9. The Bertz CT molecular complexity index is 993. The summed E-state index contributed by atoms with van der Waals surface area (Å²) in [6.07, 6.45) is 1.91. The van der Waals surface area contributed by atoms with Gasteiger partial charge < -0.3 is 15.0 Å². The number of nitrogens with one attached hydrogen (secondary N) is 1. The van der Waals surface area contributed by atoms with Crippen LogP contribution in [0.2, 0.25) is 0 Å². The Morgan fingerprint density at radius 2 is 1.85 bits per heavy atom. The Labute approximate surface area is 193 Å². The lowest BCUT2D eigenvalue weighted by Gasteiger charge is -2.22. The van der Waals surface area contributed by atoms with Gasteiger partial charge in [0.15, 0.2) is 0 Å². The molecule has 176 valence electrons. The monoisotopic (exact) mass is 454 g/mol. The second-order valence-corrected chi connectivity index (χ2v) is 8.11. The lowest BCUT2D eigenvalue weighted by Crippen LogP contribution is -2.38. The van der Waals surface area contributed by atoms with E-state index in [4.69, 9.17) is 4.74 Å². The minimum Gasteiger partial charge on any atom is -0.497 e. The number of hydrogen-bond donors (Lipinski definition) is 1. The standard InChI is InChI=1S/C24H30N4O5/c1-18-21(5-3-6-22(18)28(31)32)25-23(29)17-26-13-4-14-27(16-15-26)24(30)12-9-19-7-10-20(33-2)11-8-19/h3,5-8,10-11H,4,9,12-17H2,1-2H3,(H,25,29). The molecule has 1 heterocycles. The van der Waals surface area contributed by atoms with Crippen molar-refractivity contribution >= 4 is 23.2 Å². The molecule has 0 spiro atoms. The molecule has 1 aliphatic rings. The first-order valence-electron chi connectivity index (χ1n) is 11.0. The number of rotatable bonds is 8. The highest BCUT2D eigenvalue weighted by molar-refractivity contribution is 5.93. The topological polar surface area (TPSA) is 105 Å².